The molecular weight excluding hydrogens is 274 g/mol. The monoisotopic (exact) mass is 285 g/mol. The molecule has 0 amide bonds. The van der Waals surface area contributed by atoms with Gasteiger partial charge in [0.05, 0.1) is 25.0 Å². The van der Waals surface area contributed by atoms with Gasteiger partial charge in [0.1, 0.15) is 11.1 Å². The molecule has 0 aliphatic carbocycles. The Bertz CT molecular complexity index is 670. The normalized spacial score (nSPS) is 13.3. The van der Waals surface area contributed by atoms with Crippen LogP contribution in [0.15, 0.2) is 40.4 Å². The van der Waals surface area contributed by atoms with E-state index in [0.717, 1.165) is 22.8 Å². The fourth-order valence-electron chi connectivity index (χ4n) is 1.80. The fraction of sp³-hybridized carbons (Fsp3) is 0.214. The quantitative estimate of drug-likeness (QED) is 0.845. The van der Waals surface area contributed by atoms with Crippen LogP contribution in [0.4, 0.5) is 0 Å². The zero-order chi connectivity index (χ0) is 13.8. The van der Waals surface area contributed by atoms with Crippen LogP contribution in [-0.2, 0) is 0 Å². The summed E-state index contributed by atoms with van der Waals surface area (Å²) in [5.74, 6) is 1.49. The summed E-state index contributed by atoms with van der Waals surface area (Å²) in [6.45, 7) is 1.32. The van der Waals surface area contributed by atoms with Gasteiger partial charge in [-0.2, -0.15) is 10.4 Å². The largest absolute Gasteiger partial charge is 0.490 e. The fourth-order valence-corrected chi connectivity index (χ4v) is 2.63. The number of fused-ring (bicyclic) bond motifs is 1. The van der Waals surface area contributed by atoms with Crippen molar-refractivity contribution < 1.29 is 9.47 Å². The number of rotatable bonds is 2. The molecule has 0 bridgehead atoms. The molecule has 1 aromatic heterocycles. The van der Waals surface area contributed by atoms with Crippen molar-refractivity contribution in [1.82, 2.24) is 10.2 Å². The van der Waals surface area contributed by atoms with Crippen LogP contribution in [-0.4, -0.2) is 23.4 Å². The molecule has 20 heavy (non-hydrogen) atoms. The standard InChI is InChI=1S/C14H11N3O2S/c15-9-10-4-5-16-17-14(10)20-11-2-3-12-13(8-11)19-7-1-6-18-12/h2-5,8H,1,6-7H2. The summed E-state index contributed by atoms with van der Waals surface area (Å²) in [5.41, 5.74) is 0.511. The Morgan fingerprint density at radius 1 is 1.15 bits per heavy atom. The van der Waals surface area contributed by atoms with E-state index >= 15 is 0 Å². The predicted octanol–water partition coefficient (Wildman–Crippen LogP) is 2.66. The Labute approximate surface area is 120 Å². The van der Waals surface area contributed by atoms with Gasteiger partial charge in [-0.1, -0.05) is 11.8 Å². The van der Waals surface area contributed by atoms with Gasteiger partial charge in [0.15, 0.2) is 11.5 Å². The molecular formula is C14H11N3O2S. The van der Waals surface area contributed by atoms with E-state index in [9.17, 15) is 0 Å². The van der Waals surface area contributed by atoms with E-state index in [0.29, 0.717) is 23.8 Å². The van der Waals surface area contributed by atoms with Crippen LogP contribution in [0.25, 0.3) is 0 Å². The molecule has 1 aliphatic rings. The van der Waals surface area contributed by atoms with E-state index in [-0.39, 0.29) is 0 Å². The summed E-state index contributed by atoms with van der Waals surface area (Å²) < 4.78 is 11.2. The summed E-state index contributed by atoms with van der Waals surface area (Å²) in [6, 6.07) is 9.47. The molecule has 0 atom stereocenters. The van der Waals surface area contributed by atoms with Gasteiger partial charge in [-0.3, -0.25) is 0 Å². The number of nitrogens with zero attached hydrogens (tertiary/aromatic N) is 3. The minimum Gasteiger partial charge on any atom is -0.490 e. The van der Waals surface area contributed by atoms with Crippen LogP contribution in [0.3, 0.4) is 0 Å². The molecule has 0 saturated carbocycles. The average Bonchev–Trinajstić information content (AvgIpc) is 2.72. The van der Waals surface area contributed by atoms with E-state index < -0.39 is 0 Å². The zero-order valence-electron chi connectivity index (χ0n) is 10.6. The maximum Gasteiger partial charge on any atom is 0.162 e. The Morgan fingerprint density at radius 2 is 2.00 bits per heavy atom. The van der Waals surface area contributed by atoms with Crippen LogP contribution in [0, 0.1) is 11.3 Å². The molecule has 0 N–H and O–H groups in total. The Morgan fingerprint density at radius 3 is 2.85 bits per heavy atom. The third-order valence-electron chi connectivity index (χ3n) is 2.74. The minimum absolute atomic E-state index is 0.511. The van der Waals surface area contributed by atoms with Gasteiger partial charge in [0.2, 0.25) is 0 Å². The van der Waals surface area contributed by atoms with E-state index in [4.69, 9.17) is 14.7 Å². The highest BCUT2D eigenvalue weighted by Crippen LogP contribution is 2.36. The van der Waals surface area contributed by atoms with Crippen molar-refractivity contribution in [2.45, 2.75) is 16.3 Å². The average molecular weight is 285 g/mol. The number of aromatic nitrogens is 2. The second-order valence-corrected chi connectivity index (χ2v) is 5.19. The molecule has 2 heterocycles. The summed E-state index contributed by atoms with van der Waals surface area (Å²) >= 11 is 1.39. The van der Waals surface area contributed by atoms with Gasteiger partial charge < -0.3 is 9.47 Å². The molecule has 1 aliphatic heterocycles. The molecule has 0 saturated heterocycles. The van der Waals surface area contributed by atoms with Crippen molar-refractivity contribution in [3.8, 4) is 17.6 Å². The number of nitriles is 1. The van der Waals surface area contributed by atoms with E-state index in [2.05, 4.69) is 16.3 Å². The summed E-state index contributed by atoms with van der Waals surface area (Å²) in [4.78, 5) is 0.936. The molecule has 0 spiro atoms. The highest BCUT2D eigenvalue weighted by Gasteiger charge is 2.12. The third kappa shape index (κ3) is 2.68. The molecule has 0 unspecified atom stereocenters. The first kappa shape index (κ1) is 12.8. The summed E-state index contributed by atoms with van der Waals surface area (Å²) in [5, 5.41) is 17.4. The predicted molar refractivity (Wildman–Crippen MR) is 72.9 cm³/mol. The van der Waals surface area contributed by atoms with Crippen LogP contribution < -0.4 is 9.47 Å². The first-order valence-corrected chi connectivity index (χ1v) is 6.98. The SMILES string of the molecule is N#Cc1ccnnc1Sc1ccc2c(c1)OCCCO2. The van der Waals surface area contributed by atoms with E-state index in [1.54, 1.807) is 6.07 Å². The summed E-state index contributed by atoms with van der Waals surface area (Å²) in [7, 11) is 0. The number of benzene rings is 1. The Hall–Kier alpha value is -2.26. The van der Waals surface area contributed by atoms with Crippen LogP contribution in [0.2, 0.25) is 0 Å². The van der Waals surface area contributed by atoms with Crippen LogP contribution >= 0.6 is 11.8 Å². The molecule has 5 nitrogen and oxygen atoms in total. The maximum absolute atomic E-state index is 9.05. The second-order valence-electron chi connectivity index (χ2n) is 4.12. The number of hydrogen-bond donors (Lipinski definition) is 0. The molecule has 3 rings (SSSR count). The van der Waals surface area contributed by atoms with E-state index in [1.807, 2.05) is 18.2 Å². The van der Waals surface area contributed by atoms with Crippen molar-refractivity contribution >= 4 is 11.8 Å². The van der Waals surface area contributed by atoms with Crippen molar-refractivity contribution in [1.29, 1.82) is 5.26 Å². The highest BCUT2D eigenvalue weighted by atomic mass is 32.2. The zero-order valence-corrected chi connectivity index (χ0v) is 11.4. The van der Waals surface area contributed by atoms with E-state index in [1.165, 1.54) is 18.0 Å². The molecule has 2 aromatic rings. The van der Waals surface area contributed by atoms with Gasteiger partial charge >= 0.3 is 0 Å². The van der Waals surface area contributed by atoms with Gasteiger partial charge in [-0.25, -0.2) is 0 Å². The lowest BCUT2D eigenvalue weighted by molar-refractivity contribution is 0.297. The highest BCUT2D eigenvalue weighted by molar-refractivity contribution is 7.99. The van der Waals surface area contributed by atoms with Gasteiger partial charge in [-0.15, -0.1) is 5.10 Å². The maximum atomic E-state index is 9.05. The van der Waals surface area contributed by atoms with Gasteiger partial charge in [-0.05, 0) is 24.3 Å². The molecule has 0 fully saturated rings. The lowest BCUT2D eigenvalue weighted by Crippen LogP contribution is -1.97. The molecule has 6 heteroatoms. The van der Waals surface area contributed by atoms with Gasteiger partial charge in [0, 0.05) is 11.3 Å². The van der Waals surface area contributed by atoms with Crippen LogP contribution in [0.1, 0.15) is 12.0 Å². The Balaban J connectivity index is 1.88. The second kappa shape index (κ2) is 5.80. The minimum atomic E-state index is 0.511. The lowest BCUT2D eigenvalue weighted by atomic mass is 10.3. The first-order chi connectivity index (χ1) is 9.86. The van der Waals surface area contributed by atoms with Crippen molar-refractivity contribution in [2.75, 3.05) is 13.2 Å². The third-order valence-corrected chi connectivity index (χ3v) is 3.73. The smallest absolute Gasteiger partial charge is 0.162 e. The lowest BCUT2D eigenvalue weighted by Gasteiger charge is -2.08. The topological polar surface area (TPSA) is 68.0 Å². The van der Waals surface area contributed by atoms with Crippen molar-refractivity contribution in [2.24, 2.45) is 0 Å². The first-order valence-electron chi connectivity index (χ1n) is 6.16. The van der Waals surface area contributed by atoms with Gasteiger partial charge in [0.25, 0.3) is 0 Å². The molecule has 0 radical (unpaired) electrons. The Kier molecular flexibility index (Phi) is 3.70. The molecule has 100 valence electrons. The summed E-state index contributed by atoms with van der Waals surface area (Å²) in [6.07, 6.45) is 2.39. The molecule has 1 aromatic carbocycles. The number of hydrogen-bond acceptors (Lipinski definition) is 6. The van der Waals surface area contributed by atoms with Crippen molar-refractivity contribution in [3.63, 3.8) is 0 Å². The number of ether oxygens (including phenoxy) is 2. The van der Waals surface area contributed by atoms with Crippen LogP contribution in [0.5, 0.6) is 11.5 Å². The van der Waals surface area contributed by atoms with Crippen molar-refractivity contribution in [3.05, 3.63) is 36.0 Å².